The van der Waals surface area contributed by atoms with Crippen molar-refractivity contribution in [3.8, 4) is 0 Å². The zero-order chi connectivity index (χ0) is 11.1. The fourth-order valence-corrected chi connectivity index (χ4v) is 1.59. The molecule has 0 aliphatic carbocycles. The van der Waals surface area contributed by atoms with Crippen molar-refractivity contribution in [3.05, 3.63) is 35.9 Å². The van der Waals surface area contributed by atoms with Crippen molar-refractivity contribution in [3.63, 3.8) is 0 Å². The van der Waals surface area contributed by atoms with Gasteiger partial charge >= 0.3 is 0 Å². The highest BCUT2D eigenvalue weighted by molar-refractivity contribution is 5.15. The monoisotopic (exact) mass is 209 g/mol. The molecule has 3 heteroatoms. The van der Waals surface area contributed by atoms with Crippen molar-refractivity contribution in [2.75, 3.05) is 13.2 Å². The molecule has 0 radical (unpaired) electrons. The molecule has 1 unspecified atom stereocenters. The first-order valence-electron chi connectivity index (χ1n) is 5.28. The SMILES string of the molecule is CC(Cc1ccccc1)NC(CO)CO. The lowest BCUT2D eigenvalue weighted by atomic mass is 10.1. The third-order valence-electron chi connectivity index (χ3n) is 2.35. The summed E-state index contributed by atoms with van der Waals surface area (Å²) < 4.78 is 0. The number of aliphatic hydroxyl groups is 2. The van der Waals surface area contributed by atoms with Gasteiger partial charge in [0.1, 0.15) is 0 Å². The summed E-state index contributed by atoms with van der Waals surface area (Å²) in [6.45, 7) is 1.98. The largest absolute Gasteiger partial charge is 0.395 e. The van der Waals surface area contributed by atoms with E-state index in [0.29, 0.717) is 0 Å². The van der Waals surface area contributed by atoms with Crippen LogP contribution in [-0.2, 0) is 6.42 Å². The van der Waals surface area contributed by atoms with Gasteiger partial charge in [-0.25, -0.2) is 0 Å². The molecule has 1 aromatic carbocycles. The number of nitrogens with one attached hydrogen (secondary N) is 1. The Balaban J connectivity index is 2.39. The minimum Gasteiger partial charge on any atom is -0.395 e. The number of aliphatic hydroxyl groups excluding tert-OH is 2. The van der Waals surface area contributed by atoms with Crippen LogP contribution < -0.4 is 5.32 Å². The molecule has 0 aliphatic heterocycles. The number of hydrogen-bond acceptors (Lipinski definition) is 3. The van der Waals surface area contributed by atoms with Crippen LogP contribution in [0.15, 0.2) is 30.3 Å². The minimum absolute atomic E-state index is 0.0321. The summed E-state index contributed by atoms with van der Waals surface area (Å²) in [5, 5.41) is 21.0. The molecule has 0 spiro atoms. The fourth-order valence-electron chi connectivity index (χ4n) is 1.59. The summed E-state index contributed by atoms with van der Waals surface area (Å²) >= 11 is 0. The van der Waals surface area contributed by atoms with Gasteiger partial charge < -0.3 is 15.5 Å². The molecule has 1 rings (SSSR count). The molecule has 1 aromatic rings. The Labute approximate surface area is 90.8 Å². The van der Waals surface area contributed by atoms with Crippen LogP contribution in [0, 0.1) is 0 Å². The maximum atomic E-state index is 8.92. The van der Waals surface area contributed by atoms with E-state index in [0.717, 1.165) is 6.42 Å². The average Bonchev–Trinajstić information content (AvgIpc) is 2.27. The Morgan fingerprint density at radius 2 is 1.73 bits per heavy atom. The smallest absolute Gasteiger partial charge is 0.0607 e. The summed E-state index contributed by atoms with van der Waals surface area (Å²) in [5.74, 6) is 0. The molecule has 0 saturated carbocycles. The molecular formula is C12H19NO2. The van der Waals surface area contributed by atoms with E-state index in [4.69, 9.17) is 10.2 Å². The van der Waals surface area contributed by atoms with Gasteiger partial charge in [-0.3, -0.25) is 0 Å². The Kier molecular flexibility index (Phi) is 5.32. The van der Waals surface area contributed by atoms with Gasteiger partial charge in [0.15, 0.2) is 0 Å². The Bertz CT molecular complexity index is 260. The van der Waals surface area contributed by atoms with Crippen LogP contribution in [0.4, 0.5) is 0 Å². The molecular weight excluding hydrogens is 190 g/mol. The van der Waals surface area contributed by atoms with E-state index in [1.54, 1.807) is 0 Å². The predicted octanol–water partition coefficient (Wildman–Crippen LogP) is 0.560. The maximum Gasteiger partial charge on any atom is 0.0607 e. The molecule has 0 saturated heterocycles. The highest BCUT2D eigenvalue weighted by atomic mass is 16.3. The van der Waals surface area contributed by atoms with Gasteiger partial charge in [0.25, 0.3) is 0 Å². The Morgan fingerprint density at radius 3 is 2.27 bits per heavy atom. The fraction of sp³-hybridized carbons (Fsp3) is 0.500. The van der Waals surface area contributed by atoms with Crippen molar-refractivity contribution in [1.82, 2.24) is 5.32 Å². The molecule has 0 heterocycles. The molecule has 0 aromatic heterocycles. The number of hydrogen-bond donors (Lipinski definition) is 3. The van der Waals surface area contributed by atoms with Crippen LogP contribution in [-0.4, -0.2) is 35.5 Å². The van der Waals surface area contributed by atoms with E-state index in [1.165, 1.54) is 5.56 Å². The lowest BCUT2D eigenvalue weighted by Gasteiger charge is -2.19. The first-order valence-corrected chi connectivity index (χ1v) is 5.28. The van der Waals surface area contributed by atoms with Crippen molar-refractivity contribution >= 4 is 0 Å². The zero-order valence-corrected chi connectivity index (χ0v) is 9.06. The summed E-state index contributed by atoms with van der Waals surface area (Å²) in [4.78, 5) is 0. The predicted molar refractivity (Wildman–Crippen MR) is 60.7 cm³/mol. The molecule has 0 aliphatic rings. The molecule has 0 amide bonds. The van der Waals surface area contributed by atoms with Crippen molar-refractivity contribution in [1.29, 1.82) is 0 Å². The van der Waals surface area contributed by atoms with Crippen LogP contribution in [0.2, 0.25) is 0 Å². The molecule has 84 valence electrons. The molecule has 0 fully saturated rings. The van der Waals surface area contributed by atoms with Gasteiger partial charge in [0.2, 0.25) is 0 Å². The van der Waals surface area contributed by atoms with Crippen LogP contribution in [0.1, 0.15) is 12.5 Å². The summed E-state index contributed by atoms with van der Waals surface area (Å²) in [7, 11) is 0. The second-order valence-corrected chi connectivity index (χ2v) is 3.82. The lowest BCUT2D eigenvalue weighted by molar-refractivity contribution is 0.163. The molecule has 3 nitrogen and oxygen atoms in total. The van der Waals surface area contributed by atoms with E-state index >= 15 is 0 Å². The van der Waals surface area contributed by atoms with Gasteiger partial charge in [0.05, 0.1) is 19.3 Å². The second kappa shape index (κ2) is 6.56. The summed E-state index contributed by atoms with van der Waals surface area (Å²) in [6.07, 6.45) is 0.900. The van der Waals surface area contributed by atoms with Gasteiger partial charge in [0, 0.05) is 6.04 Å². The maximum absolute atomic E-state index is 8.92. The molecule has 0 bridgehead atoms. The quantitative estimate of drug-likeness (QED) is 0.641. The normalized spacial score (nSPS) is 13.1. The van der Waals surface area contributed by atoms with Crippen LogP contribution >= 0.6 is 0 Å². The van der Waals surface area contributed by atoms with Gasteiger partial charge in [-0.1, -0.05) is 30.3 Å². The zero-order valence-electron chi connectivity index (χ0n) is 9.06. The van der Waals surface area contributed by atoms with Gasteiger partial charge in [-0.05, 0) is 18.9 Å². The molecule has 1 atom stereocenters. The van der Waals surface area contributed by atoms with E-state index < -0.39 is 0 Å². The summed E-state index contributed by atoms with van der Waals surface area (Å²) in [5.41, 5.74) is 1.26. The van der Waals surface area contributed by atoms with Crippen LogP contribution in [0.25, 0.3) is 0 Å². The lowest BCUT2D eigenvalue weighted by Crippen LogP contribution is -2.42. The third-order valence-corrected chi connectivity index (χ3v) is 2.35. The van der Waals surface area contributed by atoms with E-state index in [-0.39, 0.29) is 25.3 Å². The topological polar surface area (TPSA) is 52.5 Å². The number of benzene rings is 1. The van der Waals surface area contributed by atoms with Crippen LogP contribution in [0.3, 0.4) is 0 Å². The van der Waals surface area contributed by atoms with Gasteiger partial charge in [-0.15, -0.1) is 0 Å². The Morgan fingerprint density at radius 1 is 1.13 bits per heavy atom. The third kappa shape index (κ3) is 4.42. The molecule has 3 N–H and O–H groups in total. The van der Waals surface area contributed by atoms with Gasteiger partial charge in [-0.2, -0.15) is 0 Å². The average molecular weight is 209 g/mol. The van der Waals surface area contributed by atoms with E-state index in [9.17, 15) is 0 Å². The van der Waals surface area contributed by atoms with Crippen LogP contribution in [0.5, 0.6) is 0 Å². The van der Waals surface area contributed by atoms with Crippen molar-refractivity contribution in [2.24, 2.45) is 0 Å². The van der Waals surface area contributed by atoms with E-state index in [1.807, 2.05) is 25.1 Å². The van der Waals surface area contributed by atoms with E-state index in [2.05, 4.69) is 17.4 Å². The summed E-state index contributed by atoms with van der Waals surface area (Å²) in [6, 6.07) is 10.2. The number of rotatable bonds is 6. The minimum atomic E-state index is -0.219. The van der Waals surface area contributed by atoms with Crippen molar-refractivity contribution in [2.45, 2.75) is 25.4 Å². The van der Waals surface area contributed by atoms with Crippen molar-refractivity contribution < 1.29 is 10.2 Å². The second-order valence-electron chi connectivity index (χ2n) is 3.82. The first kappa shape index (κ1) is 12.2. The Hall–Kier alpha value is -0.900. The highest BCUT2D eigenvalue weighted by Gasteiger charge is 2.09. The highest BCUT2D eigenvalue weighted by Crippen LogP contribution is 2.03. The first-order chi connectivity index (χ1) is 7.26. The molecule has 15 heavy (non-hydrogen) atoms. The standard InChI is InChI=1S/C12H19NO2/c1-10(13-12(8-14)9-15)7-11-5-3-2-4-6-11/h2-6,10,12-15H,7-9H2,1H3.